The minimum Gasteiger partial charge on any atom is -0.488 e. The lowest BCUT2D eigenvalue weighted by atomic mass is 10.1. The van der Waals surface area contributed by atoms with Crippen molar-refractivity contribution in [3.8, 4) is 5.75 Å². The van der Waals surface area contributed by atoms with Gasteiger partial charge in [0.05, 0.1) is 5.69 Å². The Morgan fingerprint density at radius 1 is 0.840 bits per heavy atom. The van der Waals surface area contributed by atoms with E-state index < -0.39 is 0 Å². The third-order valence-electron chi connectivity index (χ3n) is 4.13. The highest BCUT2D eigenvalue weighted by atomic mass is 16.5. The van der Waals surface area contributed by atoms with Crippen LogP contribution in [0.15, 0.2) is 77.8 Å². The number of ether oxygens (including phenoxy) is 1. The molecular weight excluding hydrogens is 306 g/mol. The average Bonchev–Trinajstić information content (AvgIpc) is 2.67. The quantitative estimate of drug-likeness (QED) is 0.517. The van der Waals surface area contributed by atoms with Crippen molar-refractivity contribution in [3.63, 3.8) is 0 Å². The van der Waals surface area contributed by atoms with Crippen molar-refractivity contribution in [3.05, 3.63) is 95.1 Å². The topological polar surface area (TPSA) is 21.6 Å². The second-order valence-corrected chi connectivity index (χ2v) is 6.09. The maximum absolute atomic E-state index is 6.00. The van der Waals surface area contributed by atoms with E-state index in [1.54, 1.807) is 0 Å². The molecule has 0 atom stereocenters. The number of benzene rings is 3. The first-order chi connectivity index (χ1) is 12.2. The monoisotopic (exact) mass is 329 g/mol. The Kier molecular flexibility index (Phi) is 5.63. The third-order valence-corrected chi connectivity index (χ3v) is 4.13. The van der Waals surface area contributed by atoms with Crippen molar-refractivity contribution in [2.24, 2.45) is 4.99 Å². The highest BCUT2D eigenvalue weighted by molar-refractivity contribution is 5.85. The van der Waals surface area contributed by atoms with E-state index >= 15 is 0 Å². The van der Waals surface area contributed by atoms with Gasteiger partial charge in [0, 0.05) is 11.8 Å². The highest BCUT2D eigenvalue weighted by Gasteiger charge is 2.02. The van der Waals surface area contributed by atoms with Gasteiger partial charge in [0.25, 0.3) is 0 Å². The standard InChI is InChI=1S/C23H23NO/c1-3-19-12-14-22(15-13-19)24-16-21-6-4-5-7-23(21)25-17-20-10-8-18(2)9-11-20/h4-16H,3,17H2,1-2H3. The second-order valence-electron chi connectivity index (χ2n) is 6.09. The fourth-order valence-electron chi connectivity index (χ4n) is 2.53. The summed E-state index contributed by atoms with van der Waals surface area (Å²) < 4.78 is 6.00. The molecule has 0 N–H and O–H groups in total. The minimum atomic E-state index is 0.552. The molecule has 0 heterocycles. The zero-order chi connectivity index (χ0) is 17.5. The van der Waals surface area contributed by atoms with Crippen molar-refractivity contribution in [1.82, 2.24) is 0 Å². The molecule has 3 aromatic rings. The lowest BCUT2D eigenvalue weighted by Crippen LogP contribution is -1.98. The number of aliphatic imine (C=N–C) groups is 1. The summed E-state index contributed by atoms with van der Waals surface area (Å²) in [5.41, 5.74) is 5.67. The average molecular weight is 329 g/mol. The Labute approximate surface area is 149 Å². The summed E-state index contributed by atoms with van der Waals surface area (Å²) in [5.74, 6) is 0.844. The number of para-hydroxylation sites is 1. The number of nitrogens with zero attached hydrogens (tertiary/aromatic N) is 1. The van der Waals surface area contributed by atoms with Crippen LogP contribution < -0.4 is 4.74 Å². The van der Waals surface area contributed by atoms with Gasteiger partial charge in [0.2, 0.25) is 0 Å². The Morgan fingerprint density at radius 3 is 2.24 bits per heavy atom. The van der Waals surface area contributed by atoms with Crippen molar-refractivity contribution in [1.29, 1.82) is 0 Å². The number of rotatable bonds is 6. The first-order valence-corrected chi connectivity index (χ1v) is 8.65. The van der Waals surface area contributed by atoms with Gasteiger partial charge in [-0.05, 0) is 48.7 Å². The van der Waals surface area contributed by atoms with E-state index in [4.69, 9.17) is 4.74 Å². The normalized spacial score (nSPS) is 11.0. The van der Waals surface area contributed by atoms with Crippen LogP contribution in [0.4, 0.5) is 5.69 Å². The van der Waals surface area contributed by atoms with Gasteiger partial charge in [0.15, 0.2) is 0 Å². The van der Waals surface area contributed by atoms with E-state index in [9.17, 15) is 0 Å². The van der Waals surface area contributed by atoms with Crippen LogP contribution in [0.2, 0.25) is 0 Å². The zero-order valence-corrected chi connectivity index (χ0v) is 14.8. The Morgan fingerprint density at radius 2 is 1.52 bits per heavy atom. The summed E-state index contributed by atoms with van der Waals surface area (Å²) in [6, 6.07) is 24.7. The Bertz CT molecular complexity index is 833. The zero-order valence-electron chi connectivity index (χ0n) is 14.8. The molecule has 0 unspecified atom stereocenters. The molecule has 0 aromatic heterocycles. The molecule has 0 aliphatic heterocycles. The molecule has 0 amide bonds. The smallest absolute Gasteiger partial charge is 0.128 e. The molecule has 0 aliphatic carbocycles. The summed E-state index contributed by atoms with van der Waals surface area (Å²) in [6.07, 6.45) is 2.91. The number of hydrogen-bond donors (Lipinski definition) is 0. The molecule has 3 aromatic carbocycles. The third kappa shape index (κ3) is 4.80. The first-order valence-electron chi connectivity index (χ1n) is 8.65. The van der Waals surface area contributed by atoms with Gasteiger partial charge in [-0.1, -0.05) is 61.0 Å². The molecule has 0 radical (unpaired) electrons. The number of hydrogen-bond acceptors (Lipinski definition) is 2. The van der Waals surface area contributed by atoms with E-state index in [-0.39, 0.29) is 0 Å². The highest BCUT2D eigenvalue weighted by Crippen LogP contribution is 2.20. The van der Waals surface area contributed by atoms with Gasteiger partial charge in [-0.15, -0.1) is 0 Å². The second kappa shape index (κ2) is 8.29. The van der Waals surface area contributed by atoms with E-state index in [2.05, 4.69) is 55.2 Å². The van der Waals surface area contributed by atoms with Crippen LogP contribution in [0.25, 0.3) is 0 Å². The van der Waals surface area contributed by atoms with Gasteiger partial charge >= 0.3 is 0 Å². The summed E-state index contributed by atoms with van der Waals surface area (Å²) in [5, 5.41) is 0. The SMILES string of the molecule is CCc1ccc(N=Cc2ccccc2OCc2ccc(C)cc2)cc1. The lowest BCUT2D eigenvalue weighted by Gasteiger charge is -2.09. The van der Waals surface area contributed by atoms with Crippen LogP contribution in [0, 0.1) is 6.92 Å². The molecule has 126 valence electrons. The van der Waals surface area contributed by atoms with E-state index in [1.807, 2.05) is 42.6 Å². The van der Waals surface area contributed by atoms with Gasteiger partial charge in [-0.2, -0.15) is 0 Å². The van der Waals surface area contributed by atoms with E-state index in [0.717, 1.165) is 29.0 Å². The van der Waals surface area contributed by atoms with Crippen LogP contribution >= 0.6 is 0 Å². The Balaban J connectivity index is 1.71. The summed E-state index contributed by atoms with van der Waals surface area (Å²) in [7, 11) is 0. The van der Waals surface area contributed by atoms with Crippen LogP contribution in [-0.2, 0) is 13.0 Å². The summed E-state index contributed by atoms with van der Waals surface area (Å²) in [6.45, 7) is 4.79. The van der Waals surface area contributed by atoms with Crippen molar-refractivity contribution < 1.29 is 4.74 Å². The lowest BCUT2D eigenvalue weighted by molar-refractivity contribution is 0.306. The fraction of sp³-hybridized carbons (Fsp3) is 0.174. The van der Waals surface area contributed by atoms with Crippen LogP contribution in [0.1, 0.15) is 29.2 Å². The number of aryl methyl sites for hydroxylation is 2. The summed E-state index contributed by atoms with van der Waals surface area (Å²) >= 11 is 0. The molecular formula is C23H23NO. The molecule has 0 bridgehead atoms. The molecule has 2 nitrogen and oxygen atoms in total. The predicted molar refractivity (Wildman–Crippen MR) is 105 cm³/mol. The predicted octanol–water partition coefficient (Wildman–Crippen LogP) is 5.89. The van der Waals surface area contributed by atoms with Crippen LogP contribution in [0.5, 0.6) is 5.75 Å². The van der Waals surface area contributed by atoms with Gasteiger partial charge < -0.3 is 4.74 Å². The Hall–Kier alpha value is -2.87. The molecule has 0 saturated heterocycles. The largest absolute Gasteiger partial charge is 0.488 e. The summed E-state index contributed by atoms with van der Waals surface area (Å²) in [4.78, 5) is 4.57. The van der Waals surface area contributed by atoms with Gasteiger partial charge in [-0.25, -0.2) is 0 Å². The van der Waals surface area contributed by atoms with Crippen molar-refractivity contribution >= 4 is 11.9 Å². The van der Waals surface area contributed by atoms with E-state index in [1.165, 1.54) is 11.1 Å². The molecule has 0 saturated carbocycles. The molecule has 0 fully saturated rings. The van der Waals surface area contributed by atoms with Crippen molar-refractivity contribution in [2.45, 2.75) is 26.9 Å². The van der Waals surface area contributed by atoms with Gasteiger partial charge in [0.1, 0.15) is 12.4 Å². The maximum Gasteiger partial charge on any atom is 0.128 e. The molecule has 25 heavy (non-hydrogen) atoms. The molecule has 2 heteroatoms. The molecule has 3 rings (SSSR count). The first kappa shape index (κ1) is 17.0. The fourth-order valence-corrected chi connectivity index (χ4v) is 2.53. The van der Waals surface area contributed by atoms with Crippen molar-refractivity contribution in [2.75, 3.05) is 0 Å². The minimum absolute atomic E-state index is 0.552. The molecule has 0 spiro atoms. The molecule has 0 aliphatic rings. The van der Waals surface area contributed by atoms with Gasteiger partial charge in [-0.3, -0.25) is 4.99 Å². The van der Waals surface area contributed by atoms with E-state index in [0.29, 0.717) is 6.61 Å². The maximum atomic E-state index is 6.00. The van der Waals surface area contributed by atoms with Crippen LogP contribution in [0.3, 0.4) is 0 Å². The van der Waals surface area contributed by atoms with Crippen LogP contribution in [-0.4, -0.2) is 6.21 Å².